The Balaban J connectivity index is 3.12. The number of hydrogen-bond donors (Lipinski definition) is 1. The molecule has 0 spiro atoms. The molecular formula is C22H36BN2O9S2. The lowest BCUT2D eigenvalue weighted by atomic mass is 9.91. The van der Waals surface area contributed by atoms with Gasteiger partial charge in [0.2, 0.25) is 0 Å². The molecule has 0 aliphatic carbocycles. The molecule has 36 heavy (non-hydrogen) atoms. The van der Waals surface area contributed by atoms with Gasteiger partial charge in [-0.05, 0) is 57.4 Å². The Morgan fingerprint density at radius 3 is 2.11 bits per heavy atom. The number of carbonyl (C=O) groups excluding carboxylic acids is 2. The van der Waals surface area contributed by atoms with E-state index in [0.717, 1.165) is 23.6 Å². The summed E-state index contributed by atoms with van der Waals surface area (Å²) in [7, 11) is -6.07. The third kappa shape index (κ3) is 14.5. The second-order valence-corrected chi connectivity index (χ2v) is 12.6. The standard InChI is InChI=1S/C22H36BN2O9S2/c1-17-7-8-20(25(9-11-32-35(5,28)29)10-12-33-36(6,30)31)14-18(17)13-19(24-23-16-26)15-21(27)34-22(2,3)4/h7-8,14,16,19,24H,9-13,15H2,1-6H3/t19-/m1/s1. The molecule has 0 bridgehead atoms. The van der Waals surface area contributed by atoms with Gasteiger partial charge in [-0.25, -0.2) is 0 Å². The molecule has 0 fully saturated rings. The maximum atomic E-state index is 12.4. The fourth-order valence-electron chi connectivity index (χ4n) is 3.26. The fourth-order valence-corrected chi connectivity index (χ4v) is 4.01. The van der Waals surface area contributed by atoms with Gasteiger partial charge in [0.15, 0.2) is 0 Å². The molecule has 0 saturated carbocycles. The Kier molecular flexibility index (Phi) is 12.5. The fraction of sp³-hybridized carbons (Fsp3) is 0.636. The molecule has 11 nitrogen and oxygen atoms in total. The molecule has 0 aromatic heterocycles. The summed E-state index contributed by atoms with van der Waals surface area (Å²) in [5.41, 5.74) is 1.83. The number of hydrogen-bond acceptors (Lipinski definition) is 11. The molecule has 1 aromatic carbocycles. The van der Waals surface area contributed by atoms with Gasteiger partial charge in [-0.3, -0.25) is 13.2 Å². The highest BCUT2D eigenvalue weighted by atomic mass is 32.2. The van der Waals surface area contributed by atoms with Crippen LogP contribution in [-0.4, -0.2) is 86.9 Å². The van der Waals surface area contributed by atoms with Gasteiger partial charge in [0.05, 0.1) is 38.3 Å². The van der Waals surface area contributed by atoms with Gasteiger partial charge in [-0.2, -0.15) is 16.8 Å². The average molecular weight is 547 g/mol. The van der Waals surface area contributed by atoms with Gasteiger partial charge in [-0.15, -0.1) is 0 Å². The van der Waals surface area contributed by atoms with Crippen LogP contribution in [0.5, 0.6) is 0 Å². The van der Waals surface area contributed by atoms with E-state index in [2.05, 4.69) is 5.23 Å². The second-order valence-electron chi connectivity index (χ2n) is 9.31. The normalized spacial score (nSPS) is 13.2. The van der Waals surface area contributed by atoms with Crippen LogP contribution >= 0.6 is 0 Å². The summed E-state index contributed by atoms with van der Waals surface area (Å²) < 4.78 is 60.5. The van der Waals surface area contributed by atoms with Crippen LogP contribution in [0.2, 0.25) is 0 Å². The highest BCUT2D eigenvalue weighted by Crippen LogP contribution is 2.22. The van der Waals surface area contributed by atoms with Gasteiger partial charge in [0.25, 0.3) is 27.7 Å². The first-order chi connectivity index (χ1) is 16.5. The molecule has 14 heteroatoms. The van der Waals surface area contributed by atoms with Crippen molar-refractivity contribution >= 4 is 45.5 Å². The number of nitrogens with one attached hydrogen (secondary N) is 1. The molecule has 203 valence electrons. The topological polar surface area (TPSA) is 145 Å². The first kappa shape index (κ1) is 32.0. The number of aryl methyl sites for hydroxylation is 1. The van der Waals surface area contributed by atoms with Crippen molar-refractivity contribution in [2.75, 3.05) is 43.7 Å². The Hall–Kier alpha value is -2.00. The van der Waals surface area contributed by atoms with Gasteiger partial charge in [-0.1, -0.05) is 6.07 Å². The SMILES string of the molecule is Cc1ccc(N(CCOS(C)(=O)=O)CCOS(C)(=O)=O)cc1C[C@H](CC(=O)OC(C)(C)C)N[B]C=O. The Morgan fingerprint density at radius 1 is 1.08 bits per heavy atom. The molecule has 1 N–H and O–H groups in total. The summed E-state index contributed by atoms with van der Waals surface area (Å²) in [5, 5.41) is 2.93. The van der Waals surface area contributed by atoms with Crippen LogP contribution in [0.3, 0.4) is 0 Å². The van der Waals surface area contributed by atoms with Crippen LogP contribution in [0.15, 0.2) is 18.2 Å². The minimum Gasteiger partial charge on any atom is -0.460 e. The molecule has 1 rings (SSSR count). The molecule has 0 amide bonds. The summed E-state index contributed by atoms with van der Waals surface area (Å²) in [4.78, 5) is 25.0. The van der Waals surface area contributed by atoms with E-state index in [1.807, 2.05) is 25.1 Å². The highest BCUT2D eigenvalue weighted by Gasteiger charge is 2.22. The van der Waals surface area contributed by atoms with Crippen molar-refractivity contribution in [3.8, 4) is 0 Å². The minimum absolute atomic E-state index is 0.0272. The molecule has 0 aliphatic rings. The summed E-state index contributed by atoms with van der Waals surface area (Å²) >= 11 is 0. The van der Waals surface area contributed by atoms with E-state index in [1.165, 1.54) is 7.41 Å². The van der Waals surface area contributed by atoms with E-state index in [4.69, 9.17) is 13.1 Å². The zero-order chi connectivity index (χ0) is 27.6. The maximum Gasteiger partial charge on any atom is 0.307 e. The predicted octanol–water partition coefficient (Wildman–Crippen LogP) is 0.796. The first-order valence-corrected chi connectivity index (χ1v) is 14.9. The van der Waals surface area contributed by atoms with E-state index in [1.54, 1.807) is 25.7 Å². The van der Waals surface area contributed by atoms with Crippen LogP contribution < -0.4 is 10.1 Å². The maximum absolute atomic E-state index is 12.4. The predicted molar refractivity (Wildman–Crippen MR) is 139 cm³/mol. The van der Waals surface area contributed by atoms with Crippen molar-refractivity contribution in [1.82, 2.24) is 5.23 Å². The molecule has 1 aromatic rings. The Labute approximate surface area is 215 Å². The van der Waals surface area contributed by atoms with Gasteiger partial charge >= 0.3 is 5.97 Å². The van der Waals surface area contributed by atoms with Crippen molar-refractivity contribution in [3.63, 3.8) is 0 Å². The van der Waals surface area contributed by atoms with Crippen LogP contribution in [0.4, 0.5) is 5.69 Å². The van der Waals surface area contributed by atoms with Gasteiger partial charge in [0.1, 0.15) is 5.60 Å². The van der Waals surface area contributed by atoms with Crippen LogP contribution in [0.25, 0.3) is 0 Å². The summed E-state index contributed by atoms with van der Waals surface area (Å²) in [5.74, 6) is -0.411. The van der Waals surface area contributed by atoms with Crippen LogP contribution in [0, 0.1) is 6.92 Å². The lowest BCUT2D eigenvalue weighted by Gasteiger charge is -2.26. The molecule has 1 radical (unpaired) electrons. The molecule has 0 heterocycles. The van der Waals surface area contributed by atoms with Crippen molar-refractivity contribution in [2.45, 2.75) is 52.2 Å². The quantitative estimate of drug-likeness (QED) is 0.136. The van der Waals surface area contributed by atoms with Crippen molar-refractivity contribution in [3.05, 3.63) is 29.3 Å². The van der Waals surface area contributed by atoms with E-state index in [9.17, 15) is 26.4 Å². The first-order valence-electron chi connectivity index (χ1n) is 11.3. The van der Waals surface area contributed by atoms with E-state index >= 15 is 0 Å². The highest BCUT2D eigenvalue weighted by molar-refractivity contribution is 7.86. The molecular weight excluding hydrogens is 511 g/mol. The van der Waals surface area contributed by atoms with E-state index in [0.29, 0.717) is 18.3 Å². The average Bonchev–Trinajstić information content (AvgIpc) is 2.69. The lowest BCUT2D eigenvalue weighted by molar-refractivity contribution is -0.155. The van der Waals surface area contributed by atoms with Crippen molar-refractivity contribution in [1.29, 1.82) is 0 Å². The van der Waals surface area contributed by atoms with E-state index < -0.39 is 37.8 Å². The number of ether oxygens (including phenoxy) is 1. The largest absolute Gasteiger partial charge is 0.460 e. The number of anilines is 1. The zero-order valence-corrected chi connectivity index (χ0v) is 23.3. The Bertz CT molecular complexity index is 1050. The van der Waals surface area contributed by atoms with Crippen molar-refractivity contribution in [2.24, 2.45) is 0 Å². The molecule has 0 saturated heterocycles. The Morgan fingerprint density at radius 2 is 1.64 bits per heavy atom. The number of rotatable bonds is 16. The summed E-state index contributed by atoms with van der Waals surface area (Å²) in [6, 6.07) is 5.11. The summed E-state index contributed by atoms with van der Waals surface area (Å²) in [6.45, 7) is 7.24. The van der Waals surface area contributed by atoms with Crippen LogP contribution in [0.1, 0.15) is 38.3 Å². The lowest BCUT2D eigenvalue weighted by Crippen LogP contribution is -2.38. The second kappa shape index (κ2) is 14.1. The van der Waals surface area contributed by atoms with E-state index in [-0.39, 0.29) is 32.7 Å². The zero-order valence-electron chi connectivity index (χ0n) is 21.6. The summed E-state index contributed by atoms with van der Waals surface area (Å²) in [6.07, 6.45) is 2.90. The number of carbonyl (C=O) groups is 2. The number of esters is 1. The molecule has 0 aliphatic heterocycles. The minimum atomic E-state index is -3.65. The van der Waals surface area contributed by atoms with Crippen molar-refractivity contribution < 1.29 is 39.5 Å². The number of nitrogens with zero attached hydrogens (tertiary/aromatic N) is 1. The molecule has 1 atom stereocenters. The van der Waals surface area contributed by atoms with Crippen LogP contribution in [-0.2, 0) is 49.3 Å². The third-order valence-electron chi connectivity index (χ3n) is 4.71. The number of benzene rings is 1. The van der Waals surface area contributed by atoms with Gasteiger partial charge in [0, 0.05) is 24.8 Å². The monoisotopic (exact) mass is 547 g/mol. The third-order valence-corrected chi connectivity index (χ3v) is 5.90. The van der Waals surface area contributed by atoms with Gasteiger partial charge < -0.3 is 19.7 Å². The molecule has 0 unspecified atom stereocenters. The smallest absolute Gasteiger partial charge is 0.307 e.